The highest BCUT2D eigenvalue weighted by Gasteiger charge is 2.27. The normalized spacial score (nSPS) is 20.0. The van der Waals surface area contributed by atoms with Gasteiger partial charge in [0.25, 0.3) is 0 Å². The van der Waals surface area contributed by atoms with Gasteiger partial charge in [-0.3, -0.25) is 9.00 Å². The first-order valence-electron chi connectivity index (χ1n) is 8.25. The lowest BCUT2D eigenvalue weighted by Crippen LogP contribution is -2.49. The molecule has 1 saturated heterocycles. The quantitative estimate of drug-likeness (QED) is 0.747. The second-order valence-electron chi connectivity index (χ2n) is 6.98. The van der Waals surface area contributed by atoms with Crippen LogP contribution in [-0.2, 0) is 20.3 Å². The van der Waals surface area contributed by atoms with E-state index in [1.54, 1.807) is 6.26 Å². The summed E-state index contributed by atoms with van der Waals surface area (Å²) in [6.07, 6.45) is 5.54. The second kappa shape index (κ2) is 9.25. The summed E-state index contributed by atoms with van der Waals surface area (Å²) in [6, 6.07) is -0.0484. The number of nitrogens with zero attached hydrogens (tertiary/aromatic N) is 1. The van der Waals surface area contributed by atoms with Crippen LogP contribution in [-0.4, -0.2) is 57.9 Å². The molecule has 7 heteroatoms. The van der Waals surface area contributed by atoms with E-state index in [0.29, 0.717) is 31.7 Å². The van der Waals surface area contributed by atoms with Gasteiger partial charge in [-0.25, -0.2) is 4.79 Å². The number of likely N-dealkylation sites (tertiary alicyclic amines) is 1. The van der Waals surface area contributed by atoms with Gasteiger partial charge in [-0.2, -0.15) is 0 Å². The molecule has 1 heterocycles. The van der Waals surface area contributed by atoms with Gasteiger partial charge in [0, 0.05) is 48.4 Å². The number of urea groups is 1. The van der Waals surface area contributed by atoms with Crippen LogP contribution in [0.5, 0.6) is 0 Å². The molecule has 0 aromatic rings. The van der Waals surface area contributed by atoms with Crippen LogP contribution >= 0.6 is 0 Å². The Balaban J connectivity index is 2.46. The number of hydrogen-bond donors (Lipinski definition) is 1. The molecule has 0 aromatic carbocycles. The minimum absolute atomic E-state index is 0.0726. The van der Waals surface area contributed by atoms with Gasteiger partial charge in [0.1, 0.15) is 5.60 Å². The van der Waals surface area contributed by atoms with Gasteiger partial charge < -0.3 is 15.0 Å². The van der Waals surface area contributed by atoms with Crippen LogP contribution in [0.3, 0.4) is 0 Å². The number of amides is 2. The smallest absolute Gasteiger partial charge is 0.317 e. The fourth-order valence-electron chi connectivity index (χ4n) is 2.65. The molecule has 6 nitrogen and oxygen atoms in total. The van der Waals surface area contributed by atoms with E-state index in [1.807, 2.05) is 25.7 Å². The summed E-state index contributed by atoms with van der Waals surface area (Å²) in [4.78, 5) is 25.9. The fraction of sp³-hybridized carbons (Fsp3) is 0.875. The van der Waals surface area contributed by atoms with Gasteiger partial charge in [0.2, 0.25) is 0 Å². The third kappa shape index (κ3) is 8.34. The summed E-state index contributed by atoms with van der Waals surface area (Å²) in [5.74, 6) is 0.243. The third-order valence-electron chi connectivity index (χ3n) is 3.66. The van der Waals surface area contributed by atoms with Gasteiger partial charge in [-0.05, 0) is 46.5 Å². The van der Waals surface area contributed by atoms with Crippen molar-refractivity contribution in [2.24, 2.45) is 0 Å². The molecule has 0 spiro atoms. The first-order valence-corrected chi connectivity index (χ1v) is 9.98. The summed E-state index contributed by atoms with van der Waals surface area (Å²) >= 11 is 0. The molecule has 2 atom stereocenters. The summed E-state index contributed by atoms with van der Waals surface area (Å²) in [6.45, 7) is 6.67. The molecule has 0 bridgehead atoms. The van der Waals surface area contributed by atoms with E-state index in [0.717, 1.165) is 19.3 Å². The van der Waals surface area contributed by atoms with Crippen LogP contribution < -0.4 is 5.32 Å². The number of piperidine rings is 1. The zero-order chi connectivity index (χ0) is 17.5. The second-order valence-corrected chi connectivity index (χ2v) is 8.53. The topological polar surface area (TPSA) is 75.7 Å². The maximum Gasteiger partial charge on any atom is 0.317 e. The van der Waals surface area contributed by atoms with Crippen molar-refractivity contribution in [2.75, 3.05) is 25.1 Å². The molecule has 1 rings (SSSR count). The third-order valence-corrected chi connectivity index (χ3v) is 4.43. The minimum atomic E-state index is -0.910. The van der Waals surface area contributed by atoms with Crippen molar-refractivity contribution in [2.45, 2.75) is 64.5 Å². The lowest BCUT2D eigenvalue weighted by atomic mass is 9.98. The Kier molecular flexibility index (Phi) is 8.02. The number of carbonyl (C=O) groups is 2. The number of rotatable bonds is 6. The largest absolute Gasteiger partial charge is 0.460 e. The standard InChI is InChI=1S/C16H30N2O4S/c1-16(2,3)22-14(19)9-8-13-7-5-6-11-18(13)15(20)17-10-12-23(4)21/h13H,5-12H2,1-4H3,(H,17,20). The number of ether oxygens (including phenoxy) is 1. The van der Waals surface area contributed by atoms with Crippen LogP contribution in [0.1, 0.15) is 52.9 Å². The molecular formula is C16H30N2O4S. The number of esters is 1. The molecule has 2 unspecified atom stereocenters. The molecule has 1 N–H and O–H groups in total. The van der Waals surface area contributed by atoms with E-state index in [-0.39, 0.29) is 18.0 Å². The Bertz CT molecular complexity index is 434. The SMILES string of the molecule is CS(=O)CCNC(=O)N1CCCCC1CCC(=O)OC(C)(C)C. The Morgan fingerprint density at radius 3 is 2.61 bits per heavy atom. The first-order chi connectivity index (χ1) is 10.7. The average Bonchev–Trinajstić information content (AvgIpc) is 2.43. The fourth-order valence-corrected chi connectivity index (χ4v) is 3.04. The van der Waals surface area contributed by atoms with Crippen LogP contribution in [0, 0.1) is 0 Å². The predicted octanol–water partition coefficient (Wildman–Crippen LogP) is 2.05. The predicted molar refractivity (Wildman–Crippen MR) is 91.8 cm³/mol. The molecule has 134 valence electrons. The minimum Gasteiger partial charge on any atom is -0.460 e. The molecule has 1 aliphatic heterocycles. The number of carbonyl (C=O) groups excluding carboxylic acids is 2. The molecule has 0 saturated carbocycles. The Morgan fingerprint density at radius 2 is 2.00 bits per heavy atom. The maximum absolute atomic E-state index is 12.3. The van der Waals surface area contributed by atoms with Crippen molar-refractivity contribution in [3.05, 3.63) is 0 Å². The number of hydrogen-bond acceptors (Lipinski definition) is 4. The zero-order valence-corrected chi connectivity index (χ0v) is 15.5. The average molecular weight is 346 g/mol. The van der Waals surface area contributed by atoms with Gasteiger partial charge in [-0.1, -0.05) is 0 Å². The van der Waals surface area contributed by atoms with Gasteiger partial charge in [-0.15, -0.1) is 0 Å². The van der Waals surface area contributed by atoms with Gasteiger partial charge in [0.15, 0.2) is 0 Å². The monoisotopic (exact) mass is 346 g/mol. The summed E-state index contributed by atoms with van der Waals surface area (Å²) < 4.78 is 16.4. The molecule has 1 fully saturated rings. The molecule has 0 radical (unpaired) electrons. The molecule has 1 aliphatic rings. The molecular weight excluding hydrogens is 316 g/mol. The van der Waals surface area contributed by atoms with Crippen molar-refractivity contribution in [3.8, 4) is 0 Å². The maximum atomic E-state index is 12.3. The van der Waals surface area contributed by atoms with Crippen LogP contribution in [0.4, 0.5) is 4.79 Å². The first kappa shape index (κ1) is 19.9. The highest BCUT2D eigenvalue weighted by Crippen LogP contribution is 2.21. The van der Waals surface area contributed by atoms with E-state index in [1.165, 1.54) is 0 Å². The molecule has 2 amide bonds. The molecule has 0 aliphatic carbocycles. The summed E-state index contributed by atoms with van der Waals surface area (Å²) in [5, 5.41) is 2.82. The highest BCUT2D eigenvalue weighted by molar-refractivity contribution is 7.84. The van der Waals surface area contributed by atoms with E-state index in [9.17, 15) is 13.8 Å². The van der Waals surface area contributed by atoms with E-state index >= 15 is 0 Å². The Labute approximate surface area is 141 Å². The Morgan fingerprint density at radius 1 is 1.30 bits per heavy atom. The summed E-state index contributed by atoms with van der Waals surface area (Å²) in [5.41, 5.74) is -0.476. The molecule has 23 heavy (non-hydrogen) atoms. The van der Waals surface area contributed by atoms with Crippen LogP contribution in [0.2, 0.25) is 0 Å². The van der Waals surface area contributed by atoms with Crippen molar-refractivity contribution >= 4 is 22.8 Å². The van der Waals surface area contributed by atoms with Gasteiger partial charge >= 0.3 is 12.0 Å². The zero-order valence-electron chi connectivity index (χ0n) is 14.7. The van der Waals surface area contributed by atoms with Crippen LogP contribution in [0.15, 0.2) is 0 Å². The van der Waals surface area contributed by atoms with E-state index in [2.05, 4.69) is 5.32 Å². The van der Waals surface area contributed by atoms with Crippen molar-refractivity contribution in [3.63, 3.8) is 0 Å². The summed E-state index contributed by atoms with van der Waals surface area (Å²) in [7, 11) is -0.910. The van der Waals surface area contributed by atoms with Gasteiger partial charge in [0.05, 0.1) is 0 Å². The lowest BCUT2D eigenvalue weighted by Gasteiger charge is -2.35. The Hall–Kier alpha value is -1.11. The molecule has 0 aromatic heterocycles. The lowest BCUT2D eigenvalue weighted by molar-refractivity contribution is -0.155. The van der Waals surface area contributed by atoms with Crippen molar-refractivity contribution in [1.82, 2.24) is 10.2 Å². The van der Waals surface area contributed by atoms with Crippen LogP contribution in [0.25, 0.3) is 0 Å². The van der Waals surface area contributed by atoms with Crippen molar-refractivity contribution in [1.29, 1.82) is 0 Å². The van der Waals surface area contributed by atoms with E-state index < -0.39 is 16.4 Å². The highest BCUT2D eigenvalue weighted by atomic mass is 32.2. The van der Waals surface area contributed by atoms with Crippen molar-refractivity contribution < 1.29 is 18.5 Å². The van der Waals surface area contributed by atoms with E-state index in [4.69, 9.17) is 4.74 Å². The number of nitrogens with one attached hydrogen (secondary N) is 1.